The van der Waals surface area contributed by atoms with E-state index < -0.39 is 41.7 Å². The van der Waals surface area contributed by atoms with Crippen molar-refractivity contribution >= 4 is 23.2 Å². The molecule has 1 fully saturated rings. The van der Waals surface area contributed by atoms with E-state index >= 15 is 0 Å². The summed E-state index contributed by atoms with van der Waals surface area (Å²) >= 11 is 0. The van der Waals surface area contributed by atoms with E-state index in [1.54, 1.807) is 29.2 Å². The standard InChI is InChI=1S/C33H43F3N4O3/c1-4-7-12-28(41)26(21-22-13-14-22)31(42)38-30-32(43)40(20-19-39(5-2)6-3)27-11-9-8-10-25(27)29(37-30)23-15-17-24(18-16-23)33(34,35)36/h8-11,15-18,22,26,28,30,41H,4-7,12-14,19-21H2,1-3H3,(H,38,42)/t26-,28+,30?/m1/s1. The first-order valence-corrected chi connectivity index (χ1v) is 15.4. The third-order valence-corrected chi connectivity index (χ3v) is 8.45. The lowest BCUT2D eigenvalue weighted by Gasteiger charge is -2.29. The van der Waals surface area contributed by atoms with Gasteiger partial charge in [-0.05, 0) is 50.0 Å². The molecule has 43 heavy (non-hydrogen) atoms. The van der Waals surface area contributed by atoms with Gasteiger partial charge in [0.1, 0.15) is 0 Å². The highest BCUT2D eigenvalue weighted by molar-refractivity contribution is 6.20. The van der Waals surface area contributed by atoms with Crippen LogP contribution in [0.15, 0.2) is 53.5 Å². The Bertz CT molecular complexity index is 1270. The van der Waals surface area contributed by atoms with Crippen molar-refractivity contribution < 1.29 is 27.9 Å². The molecule has 1 aliphatic heterocycles. The molecule has 234 valence electrons. The number of amides is 2. The van der Waals surface area contributed by atoms with Crippen LogP contribution < -0.4 is 10.2 Å². The molecule has 2 aromatic carbocycles. The van der Waals surface area contributed by atoms with Crippen LogP contribution >= 0.6 is 0 Å². The van der Waals surface area contributed by atoms with Crippen LogP contribution in [0.4, 0.5) is 18.9 Å². The Kier molecular flexibility index (Phi) is 11.0. The predicted molar refractivity (Wildman–Crippen MR) is 162 cm³/mol. The highest BCUT2D eigenvalue weighted by Gasteiger charge is 2.38. The molecule has 10 heteroatoms. The van der Waals surface area contributed by atoms with Crippen molar-refractivity contribution in [3.05, 3.63) is 65.2 Å². The van der Waals surface area contributed by atoms with Gasteiger partial charge in [0.25, 0.3) is 5.91 Å². The van der Waals surface area contributed by atoms with Gasteiger partial charge < -0.3 is 20.2 Å². The Labute approximate surface area is 252 Å². The molecule has 1 aliphatic carbocycles. The predicted octanol–water partition coefficient (Wildman–Crippen LogP) is 5.64. The largest absolute Gasteiger partial charge is 0.416 e. The zero-order chi connectivity index (χ0) is 31.1. The maximum atomic E-state index is 14.2. The van der Waals surface area contributed by atoms with Crippen molar-refractivity contribution in [2.24, 2.45) is 16.8 Å². The average Bonchev–Trinajstić information content (AvgIpc) is 3.83. The molecule has 0 radical (unpaired) electrons. The maximum Gasteiger partial charge on any atom is 0.416 e. The van der Waals surface area contributed by atoms with Gasteiger partial charge in [0.2, 0.25) is 12.1 Å². The SMILES string of the molecule is CCCC[C@H](O)[C@@H](CC1CC1)C(=O)NC1N=C(c2ccc(C(F)(F)F)cc2)c2ccccc2N(CCN(CC)CC)C1=O. The fraction of sp³-hybridized carbons (Fsp3) is 0.545. The number of nitrogens with one attached hydrogen (secondary N) is 1. The number of hydrogen-bond donors (Lipinski definition) is 2. The van der Waals surface area contributed by atoms with Crippen molar-refractivity contribution in [2.75, 3.05) is 31.1 Å². The van der Waals surface area contributed by atoms with E-state index in [1.165, 1.54) is 12.1 Å². The number of aliphatic imine (C=N–C) groups is 1. The molecule has 0 spiro atoms. The van der Waals surface area contributed by atoms with Crippen LogP contribution in [0.25, 0.3) is 0 Å². The Hall–Kier alpha value is -3.24. The van der Waals surface area contributed by atoms with Crippen LogP contribution in [0.5, 0.6) is 0 Å². The minimum Gasteiger partial charge on any atom is -0.392 e. The summed E-state index contributed by atoms with van der Waals surface area (Å²) in [6, 6.07) is 11.9. The molecular weight excluding hydrogens is 557 g/mol. The van der Waals surface area contributed by atoms with Crippen LogP contribution in [-0.4, -0.2) is 66.0 Å². The number of benzodiazepines with no additional fused rings is 1. The van der Waals surface area contributed by atoms with Crippen LogP contribution in [0.1, 0.15) is 76.0 Å². The lowest BCUT2D eigenvalue weighted by atomic mass is 9.91. The lowest BCUT2D eigenvalue weighted by Crippen LogP contribution is -2.51. The highest BCUT2D eigenvalue weighted by atomic mass is 19.4. The molecule has 0 aromatic heterocycles. The fourth-order valence-corrected chi connectivity index (χ4v) is 5.59. The molecule has 2 N–H and O–H groups in total. The number of nitrogens with zero attached hydrogens (tertiary/aromatic N) is 3. The van der Waals surface area contributed by atoms with Gasteiger partial charge in [0.05, 0.1) is 29.0 Å². The number of benzene rings is 2. The van der Waals surface area contributed by atoms with Crippen LogP contribution in [0.2, 0.25) is 0 Å². The summed E-state index contributed by atoms with van der Waals surface area (Å²) in [6.45, 7) is 8.63. The summed E-state index contributed by atoms with van der Waals surface area (Å²) in [7, 11) is 0. The molecule has 2 aromatic rings. The topological polar surface area (TPSA) is 85.2 Å². The molecule has 1 unspecified atom stereocenters. The number of fused-ring (bicyclic) bond motifs is 1. The summed E-state index contributed by atoms with van der Waals surface area (Å²) in [5.74, 6) is -1.16. The van der Waals surface area contributed by atoms with E-state index in [0.29, 0.717) is 54.4 Å². The number of rotatable bonds is 14. The van der Waals surface area contributed by atoms with Crippen molar-refractivity contribution in [3.63, 3.8) is 0 Å². The fourth-order valence-electron chi connectivity index (χ4n) is 5.59. The van der Waals surface area contributed by atoms with Gasteiger partial charge in [-0.3, -0.25) is 9.59 Å². The van der Waals surface area contributed by atoms with Crippen molar-refractivity contribution in [1.82, 2.24) is 10.2 Å². The zero-order valence-electron chi connectivity index (χ0n) is 25.2. The number of unbranched alkanes of at least 4 members (excludes halogenated alkanes) is 1. The number of para-hydroxylation sites is 1. The molecule has 0 saturated heterocycles. The molecule has 1 heterocycles. The van der Waals surface area contributed by atoms with Gasteiger partial charge in [-0.25, -0.2) is 4.99 Å². The maximum absolute atomic E-state index is 14.2. The van der Waals surface area contributed by atoms with E-state index in [0.717, 1.165) is 50.9 Å². The average molecular weight is 601 g/mol. The number of aliphatic hydroxyl groups is 1. The lowest BCUT2D eigenvalue weighted by molar-refractivity contribution is -0.137. The molecule has 7 nitrogen and oxygen atoms in total. The van der Waals surface area contributed by atoms with Crippen LogP contribution in [0, 0.1) is 11.8 Å². The summed E-state index contributed by atoms with van der Waals surface area (Å²) < 4.78 is 40.0. The van der Waals surface area contributed by atoms with E-state index in [2.05, 4.69) is 10.2 Å². The third kappa shape index (κ3) is 8.23. The Morgan fingerprint density at radius 1 is 1.09 bits per heavy atom. The number of carbonyl (C=O) groups is 2. The number of hydrogen-bond acceptors (Lipinski definition) is 5. The Balaban J connectivity index is 1.74. The molecule has 2 aliphatic rings. The molecule has 1 saturated carbocycles. The normalized spacial score (nSPS) is 18.6. The summed E-state index contributed by atoms with van der Waals surface area (Å²) in [4.78, 5) is 36.4. The molecular formula is C33H43F3N4O3. The second-order valence-electron chi connectivity index (χ2n) is 11.5. The quantitative estimate of drug-likeness (QED) is 0.294. The Morgan fingerprint density at radius 2 is 1.77 bits per heavy atom. The molecule has 3 atom stereocenters. The number of alkyl halides is 3. The number of carbonyl (C=O) groups excluding carboxylic acids is 2. The van der Waals surface area contributed by atoms with Crippen molar-refractivity contribution in [3.8, 4) is 0 Å². The van der Waals surface area contributed by atoms with Gasteiger partial charge in [-0.2, -0.15) is 13.2 Å². The number of likely N-dealkylation sites (N-methyl/N-ethyl adjacent to an activating group) is 1. The smallest absolute Gasteiger partial charge is 0.392 e. The van der Waals surface area contributed by atoms with Gasteiger partial charge in [0, 0.05) is 24.2 Å². The molecule has 0 bridgehead atoms. The highest BCUT2D eigenvalue weighted by Crippen LogP contribution is 2.37. The van der Waals surface area contributed by atoms with Gasteiger partial charge in [0.15, 0.2) is 0 Å². The van der Waals surface area contributed by atoms with E-state index in [9.17, 15) is 27.9 Å². The third-order valence-electron chi connectivity index (χ3n) is 8.45. The van der Waals surface area contributed by atoms with E-state index in [1.807, 2.05) is 20.8 Å². The van der Waals surface area contributed by atoms with Crippen molar-refractivity contribution in [2.45, 2.75) is 77.7 Å². The van der Waals surface area contributed by atoms with Gasteiger partial charge in [-0.1, -0.05) is 76.8 Å². The number of aliphatic hydroxyl groups excluding tert-OH is 1. The number of halogens is 3. The van der Waals surface area contributed by atoms with Crippen LogP contribution in [-0.2, 0) is 15.8 Å². The minimum absolute atomic E-state index is 0.318. The second-order valence-corrected chi connectivity index (χ2v) is 11.5. The zero-order valence-corrected chi connectivity index (χ0v) is 25.2. The Morgan fingerprint density at radius 3 is 2.37 bits per heavy atom. The second kappa shape index (κ2) is 14.5. The summed E-state index contributed by atoms with van der Waals surface area (Å²) in [5.41, 5.74) is 1.09. The first kappa shape index (κ1) is 32.7. The van der Waals surface area contributed by atoms with Crippen LogP contribution in [0.3, 0.4) is 0 Å². The first-order chi connectivity index (χ1) is 20.6. The van der Waals surface area contributed by atoms with Gasteiger partial charge in [-0.15, -0.1) is 0 Å². The minimum atomic E-state index is -4.50. The summed E-state index contributed by atoms with van der Waals surface area (Å²) in [6.07, 6.45) is -1.93. The van der Waals surface area contributed by atoms with E-state index in [4.69, 9.17) is 4.99 Å². The molecule has 2 amide bonds. The summed E-state index contributed by atoms with van der Waals surface area (Å²) in [5, 5.41) is 13.8. The van der Waals surface area contributed by atoms with Gasteiger partial charge >= 0.3 is 6.18 Å². The molecule has 4 rings (SSSR count). The first-order valence-electron chi connectivity index (χ1n) is 15.4. The van der Waals surface area contributed by atoms with E-state index in [-0.39, 0.29) is 0 Å². The number of anilines is 1. The van der Waals surface area contributed by atoms with Crippen molar-refractivity contribution in [1.29, 1.82) is 0 Å². The monoisotopic (exact) mass is 600 g/mol.